The highest BCUT2D eigenvalue weighted by Gasteiger charge is 2.56. The third-order valence-electron chi connectivity index (χ3n) is 5.52. The molecule has 0 bridgehead atoms. The molecule has 2 amide bonds. The molecule has 6 nitrogen and oxygen atoms in total. The van der Waals surface area contributed by atoms with Gasteiger partial charge in [-0.15, -0.1) is 0 Å². The fourth-order valence-corrected chi connectivity index (χ4v) is 4.01. The molecule has 2 aliphatic heterocycles. The van der Waals surface area contributed by atoms with E-state index in [1.54, 1.807) is 0 Å². The van der Waals surface area contributed by atoms with Crippen LogP contribution in [0.2, 0.25) is 0 Å². The van der Waals surface area contributed by atoms with Gasteiger partial charge in [0.25, 0.3) is 0 Å². The van der Waals surface area contributed by atoms with Crippen molar-refractivity contribution in [3.8, 4) is 6.07 Å². The van der Waals surface area contributed by atoms with Gasteiger partial charge in [0, 0.05) is 18.7 Å². The molecule has 4 rings (SSSR count). The predicted octanol–water partition coefficient (Wildman–Crippen LogP) is 1.13. The summed E-state index contributed by atoms with van der Waals surface area (Å²) in [7, 11) is 0. The molecule has 0 aromatic heterocycles. The zero-order chi connectivity index (χ0) is 16.9. The first kappa shape index (κ1) is 15.2. The number of rotatable bonds is 3. The van der Waals surface area contributed by atoms with Gasteiger partial charge in [-0.25, -0.2) is 0 Å². The third kappa shape index (κ3) is 2.20. The number of carbonyl (C=O) groups excluding carboxylic acids is 2. The summed E-state index contributed by atoms with van der Waals surface area (Å²) in [6.45, 7) is 0.227. The molecular formula is C18H20N4O2. The van der Waals surface area contributed by atoms with Crippen molar-refractivity contribution in [3.05, 3.63) is 29.8 Å². The molecule has 3 N–H and O–H groups in total. The summed E-state index contributed by atoms with van der Waals surface area (Å²) < 4.78 is 0. The summed E-state index contributed by atoms with van der Waals surface area (Å²) >= 11 is 0. The van der Waals surface area contributed by atoms with E-state index in [1.807, 2.05) is 24.3 Å². The summed E-state index contributed by atoms with van der Waals surface area (Å²) in [4.78, 5) is 26.9. The lowest BCUT2D eigenvalue weighted by molar-refractivity contribution is -0.133. The van der Waals surface area contributed by atoms with Crippen molar-refractivity contribution in [2.24, 2.45) is 11.7 Å². The molecule has 6 heteroatoms. The lowest BCUT2D eigenvalue weighted by Crippen LogP contribution is -2.47. The number of benzene rings is 1. The van der Waals surface area contributed by atoms with Crippen molar-refractivity contribution in [2.45, 2.75) is 43.2 Å². The second-order valence-corrected chi connectivity index (χ2v) is 7.18. The van der Waals surface area contributed by atoms with Gasteiger partial charge in [0.05, 0.1) is 17.5 Å². The van der Waals surface area contributed by atoms with Crippen molar-refractivity contribution >= 4 is 17.5 Å². The van der Waals surface area contributed by atoms with Crippen LogP contribution < -0.4 is 11.1 Å². The average Bonchev–Trinajstić information content (AvgIpc) is 3.24. The van der Waals surface area contributed by atoms with Gasteiger partial charge in [0.2, 0.25) is 11.8 Å². The van der Waals surface area contributed by atoms with E-state index in [4.69, 9.17) is 5.73 Å². The summed E-state index contributed by atoms with van der Waals surface area (Å²) in [6.07, 6.45) is 3.25. The highest BCUT2D eigenvalue weighted by atomic mass is 16.2. The van der Waals surface area contributed by atoms with E-state index in [0.29, 0.717) is 18.8 Å². The minimum atomic E-state index is -0.827. The monoisotopic (exact) mass is 324 g/mol. The van der Waals surface area contributed by atoms with Crippen molar-refractivity contribution in [2.75, 3.05) is 11.9 Å². The number of nitrogens with two attached hydrogens (primary N) is 1. The minimum absolute atomic E-state index is 0.130. The fraction of sp³-hybridized carbons (Fsp3) is 0.500. The SMILES string of the molecule is N#C[C@@H]1C[C@@]2(CN1C(=O)[C@@H](N)CC1CC1)C(=O)Nc1ccccc12. The Morgan fingerprint density at radius 3 is 2.92 bits per heavy atom. The first-order valence-electron chi connectivity index (χ1n) is 8.42. The zero-order valence-corrected chi connectivity index (χ0v) is 13.4. The Kier molecular flexibility index (Phi) is 3.36. The molecule has 1 spiro atoms. The molecule has 2 fully saturated rings. The van der Waals surface area contributed by atoms with Gasteiger partial charge in [-0.1, -0.05) is 31.0 Å². The van der Waals surface area contributed by atoms with Crippen LogP contribution in [0.4, 0.5) is 5.69 Å². The van der Waals surface area contributed by atoms with Crippen LogP contribution in [-0.2, 0) is 15.0 Å². The van der Waals surface area contributed by atoms with E-state index in [9.17, 15) is 14.9 Å². The Morgan fingerprint density at radius 2 is 2.21 bits per heavy atom. The largest absolute Gasteiger partial charge is 0.325 e. The highest BCUT2D eigenvalue weighted by Crippen LogP contribution is 2.46. The third-order valence-corrected chi connectivity index (χ3v) is 5.52. The number of hydrogen-bond donors (Lipinski definition) is 2. The maximum absolute atomic E-state index is 12.8. The van der Waals surface area contributed by atoms with Gasteiger partial charge in [0.15, 0.2) is 0 Å². The number of nitrogens with zero attached hydrogens (tertiary/aromatic N) is 2. The second kappa shape index (κ2) is 5.32. The Hall–Kier alpha value is -2.39. The van der Waals surface area contributed by atoms with Gasteiger partial charge >= 0.3 is 0 Å². The Morgan fingerprint density at radius 1 is 1.46 bits per heavy atom. The first-order valence-corrected chi connectivity index (χ1v) is 8.42. The molecule has 3 aliphatic rings. The number of nitriles is 1. The van der Waals surface area contributed by atoms with Crippen LogP contribution in [0, 0.1) is 17.2 Å². The lowest BCUT2D eigenvalue weighted by Gasteiger charge is -2.25. The molecule has 1 saturated carbocycles. The molecule has 3 atom stereocenters. The number of para-hydroxylation sites is 1. The fourth-order valence-electron chi connectivity index (χ4n) is 4.01. The average molecular weight is 324 g/mol. The van der Waals surface area contributed by atoms with Crippen LogP contribution in [0.3, 0.4) is 0 Å². The standard InChI is InChI=1S/C18H20N4O2/c19-9-12-8-18(13-3-1-2-4-15(13)21-17(18)24)10-22(12)16(23)14(20)7-11-5-6-11/h1-4,11-12,14H,5-8,10,20H2,(H,21,24)/t12-,14-,18-/m0/s1. The summed E-state index contributed by atoms with van der Waals surface area (Å²) in [5.74, 6) is 0.203. The van der Waals surface area contributed by atoms with Crippen LogP contribution in [0.25, 0.3) is 0 Å². The Balaban J connectivity index is 1.63. The topological polar surface area (TPSA) is 99.2 Å². The molecule has 24 heavy (non-hydrogen) atoms. The molecule has 0 unspecified atom stereocenters. The van der Waals surface area contributed by atoms with E-state index >= 15 is 0 Å². The molecule has 1 aromatic rings. The number of likely N-dealkylation sites (tertiary alicyclic amines) is 1. The molecule has 1 aromatic carbocycles. The zero-order valence-electron chi connectivity index (χ0n) is 13.4. The number of anilines is 1. The predicted molar refractivity (Wildman–Crippen MR) is 87.8 cm³/mol. The number of fused-ring (bicyclic) bond motifs is 2. The molecule has 124 valence electrons. The van der Waals surface area contributed by atoms with Crippen LogP contribution >= 0.6 is 0 Å². The molecule has 1 aliphatic carbocycles. The van der Waals surface area contributed by atoms with Crippen molar-refractivity contribution in [3.63, 3.8) is 0 Å². The van der Waals surface area contributed by atoms with Crippen LogP contribution in [0.15, 0.2) is 24.3 Å². The number of nitrogens with one attached hydrogen (secondary N) is 1. The van der Waals surface area contributed by atoms with Crippen LogP contribution in [0.5, 0.6) is 0 Å². The number of amides is 2. The van der Waals surface area contributed by atoms with Crippen molar-refractivity contribution in [1.29, 1.82) is 5.26 Å². The molecule has 1 saturated heterocycles. The van der Waals surface area contributed by atoms with E-state index in [1.165, 1.54) is 4.90 Å². The first-order chi connectivity index (χ1) is 11.5. The highest BCUT2D eigenvalue weighted by molar-refractivity contribution is 6.07. The van der Waals surface area contributed by atoms with Gasteiger partial charge in [0.1, 0.15) is 6.04 Å². The van der Waals surface area contributed by atoms with Crippen molar-refractivity contribution in [1.82, 2.24) is 4.90 Å². The normalized spacial score (nSPS) is 29.2. The second-order valence-electron chi connectivity index (χ2n) is 7.18. The minimum Gasteiger partial charge on any atom is -0.325 e. The van der Waals surface area contributed by atoms with E-state index < -0.39 is 17.5 Å². The van der Waals surface area contributed by atoms with E-state index in [0.717, 1.165) is 24.1 Å². The maximum Gasteiger partial charge on any atom is 0.240 e. The molecular weight excluding hydrogens is 304 g/mol. The van der Waals surface area contributed by atoms with Crippen molar-refractivity contribution < 1.29 is 9.59 Å². The maximum atomic E-state index is 12.8. The Bertz CT molecular complexity index is 752. The molecule has 0 radical (unpaired) electrons. The molecule has 2 heterocycles. The summed E-state index contributed by atoms with van der Waals surface area (Å²) in [6, 6.07) is 8.50. The summed E-state index contributed by atoms with van der Waals surface area (Å²) in [5.41, 5.74) is 6.89. The van der Waals surface area contributed by atoms with E-state index in [-0.39, 0.29) is 18.4 Å². The summed E-state index contributed by atoms with van der Waals surface area (Å²) in [5, 5.41) is 12.4. The number of hydrogen-bond acceptors (Lipinski definition) is 4. The smallest absolute Gasteiger partial charge is 0.240 e. The van der Waals surface area contributed by atoms with Gasteiger partial charge in [-0.05, 0) is 24.0 Å². The van der Waals surface area contributed by atoms with E-state index in [2.05, 4.69) is 11.4 Å². The quantitative estimate of drug-likeness (QED) is 0.870. The van der Waals surface area contributed by atoms with Gasteiger partial charge in [-0.2, -0.15) is 5.26 Å². The van der Waals surface area contributed by atoms with Crippen LogP contribution in [0.1, 0.15) is 31.2 Å². The lowest BCUT2D eigenvalue weighted by atomic mass is 9.80. The van der Waals surface area contributed by atoms with Gasteiger partial charge in [-0.3, -0.25) is 9.59 Å². The Labute approximate surface area is 140 Å². The number of carbonyl (C=O) groups is 2. The van der Waals surface area contributed by atoms with Crippen LogP contribution in [-0.4, -0.2) is 35.3 Å². The van der Waals surface area contributed by atoms with Gasteiger partial charge < -0.3 is 16.0 Å².